The summed E-state index contributed by atoms with van der Waals surface area (Å²) in [7, 11) is 5.46. The molecule has 0 radical (unpaired) electrons. The number of ether oxygens (including phenoxy) is 1. The Morgan fingerprint density at radius 1 is 1.45 bits per heavy atom. The van der Waals surface area contributed by atoms with Crippen molar-refractivity contribution in [1.82, 2.24) is 4.90 Å². The molecular formula is C15H25N3O2. The monoisotopic (exact) mass is 279 g/mol. The first-order valence-corrected chi connectivity index (χ1v) is 6.94. The van der Waals surface area contributed by atoms with Crippen LogP contribution in [-0.2, 0) is 9.53 Å². The lowest BCUT2D eigenvalue weighted by Crippen LogP contribution is -2.26. The van der Waals surface area contributed by atoms with Crippen molar-refractivity contribution in [3.63, 3.8) is 0 Å². The van der Waals surface area contributed by atoms with E-state index in [-0.39, 0.29) is 5.78 Å². The summed E-state index contributed by atoms with van der Waals surface area (Å²) in [6, 6.07) is 0. The van der Waals surface area contributed by atoms with Crippen molar-refractivity contribution < 1.29 is 9.53 Å². The Balaban J connectivity index is 3.05. The Kier molecular flexibility index (Phi) is 6.45. The molecule has 5 nitrogen and oxygen atoms in total. The molecule has 0 amide bonds. The van der Waals surface area contributed by atoms with Crippen molar-refractivity contribution in [1.29, 1.82) is 0 Å². The van der Waals surface area contributed by atoms with E-state index in [1.807, 2.05) is 32.1 Å². The summed E-state index contributed by atoms with van der Waals surface area (Å²) in [5.41, 5.74) is 8.89. The summed E-state index contributed by atoms with van der Waals surface area (Å²) in [5.74, 6) is 0.0143. The molecule has 0 fully saturated rings. The summed E-state index contributed by atoms with van der Waals surface area (Å²) in [6.45, 7) is 3.09. The van der Waals surface area contributed by atoms with E-state index < -0.39 is 0 Å². The van der Waals surface area contributed by atoms with Gasteiger partial charge in [0.25, 0.3) is 0 Å². The molecule has 0 saturated carbocycles. The molecule has 0 aliphatic heterocycles. The van der Waals surface area contributed by atoms with Crippen molar-refractivity contribution in [2.45, 2.75) is 26.2 Å². The van der Waals surface area contributed by atoms with Crippen molar-refractivity contribution in [3.05, 3.63) is 23.0 Å². The molecule has 20 heavy (non-hydrogen) atoms. The van der Waals surface area contributed by atoms with Gasteiger partial charge in [-0.2, -0.15) is 0 Å². The standard InChI is InChI=1S/C15H25N3O2/c1-5-13(17-8-9-20-4)14-12(16)7-6-11(15(14)19)10-18(2)3/h10H,5-9,16H2,1-4H3/b11-10+,17-13?. The van der Waals surface area contributed by atoms with Crippen LogP contribution in [-0.4, -0.2) is 50.8 Å². The Morgan fingerprint density at radius 3 is 2.70 bits per heavy atom. The van der Waals surface area contributed by atoms with Gasteiger partial charge in [0.2, 0.25) is 0 Å². The average molecular weight is 279 g/mol. The molecule has 1 rings (SSSR count). The van der Waals surface area contributed by atoms with Crippen LogP contribution in [0.4, 0.5) is 0 Å². The number of rotatable bonds is 6. The minimum absolute atomic E-state index is 0.0143. The van der Waals surface area contributed by atoms with E-state index in [4.69, 9.17) is 10.5 Å². The fourth-order valence-corrected chi connectivity index (χ4v) is 2.21. The maximum atomic E-state index is 12.6. The number of ketones is 1. The summed E-state index contributed by atoms with van der Waals surface area (Å²) in [6.07, 6.45) is 3.98. The summed E-state index contributed by atoms with van der Waals surface area (Å²) >= 11 is 0. The Hall–Kier alpha value is -1.62. The first kappa shape index (κ1) is 16.4. The maximum Gasteiger partial charge on any atom is 0.194 e. The quantitative estimate of drug-likeness (QED) is 0.454. The molecule has 0 aromatic carbocycles. The molecule has 0 unspecified atom stereocenters. The highest BCUT2D eigenvalue weighted by atomic mass is 16.5. The molecule has 2 N–H and O–H groups in total. The predicted molar refractivity (Wildman–Crippen MR) is 81.7 cm³/mol. The van der Waals surface area contributed by atoms with E-state index in [1.165, 1.54) is 0 Å². The Bertz CT molecular complexity index is 448. The Morgan fingerprint density at radius 2 is 2.15 bits per heavy atom. The third-order valence-electron chi connectivity index (χ3n) is 3.14. The third kappa shape index (κ3) is 4.20. The number of aliphatic imine (C=N–C) groups is 1. The smallest absolute Gasteiger partial charge is 0.194 e. The fourth-order valence-electron chi connectivity index (χ4n) is 2.21. The number of hydrogen-bond acceptors (Lipinski definition) is 5. The number of methoxy groups -OCH3 is 1. The van der Waals surface area contributed by atoms with Crippen LogP contribution >= 0.6 is 0 Å². The van der Waals surface area contributed by atoms with Gasteiger partial charge in [-0.15, -0.1) is 0 Å². The molecule has 0 bridgehead atoms. The summed E-state index contributed by atoms with van der Waals surface area (Å²) in [5, 5.41) is 0. The van der Waals surface area contributed by atoms with Gasteiger partial charge >= 0.3 is 0 Å². The lowest BCUT2D eigenvalue weighted by atomic mass is 9.87. The van der Waals surface area contributed by atoms with Crippen LogP contribution in [0.3, 0.4) is 0 Å². The van der Waals surface area contributed by atoms with Crippen LogP contribution < -0.4 is 5.73 Å². The van der Waals surface area contributed by atoms with E-state index in [0.29, 0.717) is 43.7 Å². The van der Waals surface area contributed by atoms with Gasteiger partial charge in [0.05, 0.1) is 18.7 Å². The number of carbonyl (C=O) groups is 1. The van der Waals surface area contributed by atoms with Gasteiger partial charge in [0, 0.05) is 44.4 Å². The van der Waals surface area contributed by atoms with E-state index in [2.05, 4.69) is 4.99 Å². The van der Waals surface area contributed by atoms with Gasteiger partial charge in [-0.25, -0.2) is 0 Å². The number of Topliss-reactive ketones (excluding diaryl/α,β-unsaturated/α-hetero) is 1. The van der Waals surface area contributed by atoms with Crippen molar-refractivity contribution in [3.8, 4) is 0 Å². The fraction of sp³-hybridized carbons (Fsp3) is 0.600. The topological polar surface area (TPSA) is 67.9 Å². The minimum Gasteiger partial charge on any atom is -0.401 e. The second-order valence-electron chi connectivity index (χ2n) is 5.02. The molecule has 112 valence electrons. The first-order valence-electron chi connectivity index (χ1n) is 6.94. The van der Waals surface area contributed by atoms with E-state index in [9.17, 15) is 4.79 Å². The predicted octanol–water partition coefficient (Wildman–Crippen LogP) is 1.50. The minimum atomic E-state index is 0.0143. The van der Waals surface area contributed by atoms with Crippen LogP contribution in [0.1, 0.15) is 26.2 Å². The second-order valence-corrected chi connectivity index (χ2v) is 5.02. The highest BCUT2D eigenvalue weighted by molar-refractivity contribution is 6.28. The summed E-state index contributed by atoms with van der Waals surface area (Å²) < 4.78 is 4.99. The van der Waals surface area contributed by atoms with Crippen LogP contribution in [0.5, 0.6) is 0 Å². The molecule has 0 aromatic rings. The van der Waals surface area contributed by atoms with Crippen LogP contribution in [0.25, 0.3) is 0 Å². The van der Waals surface area contributed by atoms with Crippen LogP contribution in [0, 0.1) is 0 Å². The zero-order chi connectivity index (χ0) is 15.1. The van der Waals surface area contributed by atoms with Crippen molar-refractivity contribution in [2.24, 2.45) is 10.7 Å². The SMILES string of the molecule is CCC(=NCCOC)C1=C(N)CC/C(=C\N(C)C)C1=O. The number of allylic oxidation sites excluding steroid dienone is 3. The highest BCUT2D eigenvalue weighted by Crippen LogP contribution is 2.25. The number of nitrogens with zero attached hydrogens (tertiary/aromatic N) is 2. The number of nitrogens with two attached hydrogens (primary N) is 1. The van der Waals surface area contributed by atoms with Crippen molar-refractivity contribution >= 4 is 11.5 Å². The van der Waals surface area contributed by atoms with Gasteiger partial charge in [-0.3, -0.25) is 9.79 Å². The lowest BCUT2D eigenvalue weighted by Gasteiger charge is -2.21. The van der Waals surface area contributed by atoms with E-state index in [0.717, 1.165) is 11.3 Å². The lowest BCUT2D eigenvalue weighted by molar-refractivity contribution is -0.112. The first-order chi connectivity index (χ1) is 9.51. The molecule has 1 aliphatic carbocycles. The normalized spacial score (nSPS) is 18.9. The maximum absolute atomic E-state index is 12.6. The average Bonchev–Trinajstić information content (AvgIpc) is 2.40. The zero-order valence-electron chi connectivity index (χ0n) is 12.9. The molecule has 1 aliphatic rings. The number of carbonyl (C=O) groups excluding carboxylic acids is 1. The molecule has 5 heteroatoms. The molecule has 0 atom stereocenters. The van der Waals surface area contributed by atoms with E-state index >= 15 is 0 Å². The zero-order valence-corrected chi connectivity index (χ0v) is 12.9. The van der Waals surface area contributed by atoms with Crippen molar-refractivity contribution in [2.75, 3.05) is 34.4 Å². The third-order valence-corrected chi connectivity index (χ3v) is 3.14. The molecule has 0 spiro atoms. The largest absolute Gasteiger partial charge is 0.401 e. The van der Waals surface area contributed by atoms with Gasteiger partial charge in [0.15, 0.2) is 5.78 Å². The van der Waals surface area contributed by atoms with Gasteiger partial charge in [0.1, 0.15) is 0 Å². The second kappa shape index (κ2) is 7.85. The van der Waals surface area contributed by atoms with Gasteiger partial charge < -0.3 is 15.4 Å². The van der Waals surface area contributed by atoms with Crippen LogP contribution in [0.2, 0.25) is 0 Å². The molecule has 0 saturated heterocycles. The van der Waals surface area contributed by atoms with E-state index in [1.54, 1.807) is 7.11 Å². The molecule has 0 aromatic heterocycles. The van der Waals surface area contributed by atoms with Gasteiger partial charge in [-0.1, -0.05) is 6.92 Å². The van der Waals surface area contributed by atoms with Gasteiger partial charge in [-0.05, 0) is 19.3 Å². The number of hydrogen-bond donors (Lipinski definition) is 1. The van der Waals surface area contributed by atoms with Crippen LogP contribution in [0.15, 0.2) is 28.0 Å². The summed E-state index contributed by atoms with van der Waals surface area (Å²) in [4.78, 5) is 18.9. The highest BCUT2D eigenvalue weighted by Gasteiger charge is 2.26. The Labute approximate surface area is 121 Å². The molecule has 0 heterocycles. The molecular weight excluding hydrogens is 254 g/mol.